The Hall–Kier alpha value is -1.69. The van der Waals surface area contributed by atoms with Crippen molar-refractivity contribution < 1.29 is 33.4 Å². The number of esters is 2. The fourth-order valence-electron chi connectivity index (χ4n) is 2.45. The maximum absolute atomic E-state index is 12.2. The van der Waals surface area contributed by atoms with Crippen LogP contribution in [0.15, 0.2) is 30.3 Å². The number of hydrogen-bond acceptors (Lipinski definition) is 5. The van der Waals surface area contributed by atoms with Crippen LogP contribution in [-0.4, -0.2) is 41.6 Å². The molecule has 2 atom stereocenters. The number of methoxy groups -OCH3 is 1. The molecule has 0 aliphatic heterocycles. The summed E-state index contributed by atoms with van der Waals surface area (Å²) < 4.78 is 20.4. The predicted molar refractivity (Wildman–Crippen MR) is 76.1 cm³/mol. The monoisotopic (exact) mass is 328 g/mol. The molecule has 0 radical (unpaired) electrons. The number of carbonyl (C=O) groups excluding carboxylic acids is 2. The molecular weight excluding hydrogens is 311 g/mol. The van der Waals surface area contributed by atoms with Gasteiger partial charge in [-0.3, -0.25) is 14.2 Å². The Morgan fingerprint density at radius 1 is 1.27 bits per heavy atom. The Kier molecular flexibility index (Phi) is 4.70. The summed E-state index contributed by atoms with van der Waals surface area (Å²) in [7, 11) is -3.06. The summed E-state index contributed by atoms with van der Waals surface area (Å²) in [5.41, 5.74) is -0.592. The van der Waals surface area contributed by atoms with E-state index in [1.165, 1.54) is 7.11 Å². The van der Waals surface area contributed by atoms with E-state index in [-0.39, 0.29) is 12.3 Å². The second-order valence-corrected chi connectivity index (χ2v) is 6.93. The molecule has 2 unspecified atom stereocenters. The van der Waals surface area contributed by atoms with Crippen LogP contribution in [0.2, 0.25) is 0 Å². The van der Waals surface area contributed by atoms with Crippen molar-refractivity contribution in [3.63, 3.8) is 0 Å². The van der Waals surface area contributed by atoms with Crippen LogP contribution in [0.1, 0.15) is 17.9 Å². The van der Waals surface area contributed by atoms with Gasteiger partial charge in [0.1, 0.15) is 6.61 Å². The van der Waals surface area contributed by atoms with E-state index in [0.717, 1.165) is 5.56 Å². The van der Waals surface area contributed by atoms with Crippen molar-refractivity contribution in [2.45, 2.75) is 12.3 Å². The Labute approximate surface area is 127 Å². The molecule has 1 aromatic carbocycles. The second kappa shape index (κ2) is 6.20. The fraction of sp³-hybridized carbons (Fsp3) is 0.429. The van der Waals surface area contributed by atoms with Crippen molar-refractivity contribution in [3.8, 4) is 0 Å². The van der Waals surface area contributed by atoms with Gasteiger partial charge in [-0.15, -0.1) is 0 Å². The van der Waals surface area contributed by atoms with Gasteiger partial charge in [-0.05, 0) is 12.0 Å². The number of ether oxygens (including phenoxy) is 2. The molecule has 1 aliphatic rings. The largest absolute Gasteiger partial charge is 0.468 e. The van der Waals surface area contributed by atoms with E-state index in [1.807, 2.05) is 6.07 Å². The summed E-state index contributed by atoms with van der Waals surface area (Å²) in [5, 5.41) is 0. The molecule has 8 heteroatoms. The van der Waals surface area contributed by atoms with Gasteiger partial charge in [0.25, 0.3) is 0 Å². The summed E-state index contributed by atoms with van der Waals surface area (Å²) in [6, 6.07) is 9.03. The average molecular weight is 328 g/mol. The number of rotatable bonds is 6. The molecule has 1 aliphatic carbocycles. The minimum atomic E-state index is -4.25. The third-order valence-corrected chi connectivity index (χ3v) is 4.46. The normalized spacial score (nSPS) is 23.7. The maximum atomic E-state index is 12.2. The van der Waals surface area contributed by atoms with Gasteiger partial charge >= 0.3 is 19.5 Å². The first kappa shape index (κ1) is 16.7. The lowest BCUT2D eigenvalue weighted by atomic mass is 9.99. The first-order chi connectivity index (χ1) is 10.3. The smallest absolute Gasteiger partial charge is 0.328 e. The molecule has 1 saturated carbocycles. The van der Waals surface area contributed by atoms with Crippen molar-refractivity contribution in [2.75, 3.05) is 19.9 Å². The molecule has 1 fully saturated rings. The van der Waals surface area contributed by atoms with Gasteiger partial charge in [0.2, 0.25) is 0 Å². The van der Waals surface area contributed by atoms with Gasteiger partial charge in [0.15, 0.2) is 5.41 Å². The SMILES string of the molecule is COC(=O)C1(C(=O)OCCP(=O)(O)O)CC1c1ccccc1. The van der Waals surface area contributed by atoms with Crippen LogP contribution in [0.5, 0.6) is 0 Å². The summed E-state index contributed by atoms with van der Waals surface area (Å²) in [6.07, 6.45) is -0.315. The highest BCUT2D eigenvalue weighted by Crippen LogP contribution is 2.60. The second-order valence-electron chi connectivity index (χ2n) is 5.15. The van der Waals surface area contributed by atoms with E-state index in [0.29, 0.717) is 0 Å². The number of benzene rings is 1. The Bertz CT molecular complexity index is 609. The number of carbonyl (C=O) groups is 2. The highest BCUT2D eigenvalue weighted by molar-refractivity contribution is 7.51. The first-order valence-corrected chi connectivity index (χ1v) is 8.46. The molecule has 0 heterocycles. The van der Waals surface area contributed by atoms with Crippen molar-refractivity contribution in [1.29, 1.82) is 0 Å². The zero-order chi connectivity index (χ0) is 16.4. The van der Waals surface area contributed by atoms with Crippen LogP contribution in [0.3, 0.4) is 0 Å². The lowest BCUT2D eigenvalue weighted by Crippen LogP contribution is -2.31. The zero-order valence-corrected chi connectivity index (χ0v) is 12.9. The van der Waals surface area contributed by atoms with E-state index in [1.54, 1.807) is 24.3 Å². The molecular formula is C14H17O7P. The fourth-order valence-corrected chi connectivity index (χ4v) is 2.78. The molecule has 22 heavy (non-hydrogen) atoms. The molecule has 0 saturated heterocycles. The van der Waals surface area contributed by atoms with E-state index in [4.69, 9.17) is 19.3 Å². The summed E-state index contributed by atoms with van der Waals surface area (Å²) >= 11 is 0. The minimum Gasteiger partial charge on any atom is -0.468 e. The quantitative estimate of drug-likeness (QED) is 0.456. The molecule has 2 N–H and O–H groups in total. The van der Waals surface area contributed by atoms with Crippen molar-refractivity contribution >= 4 is 19.5 Å². The number of hydrogen-bond donors (Lipinski definition) is 2. The third kappa shape index (κ3) is 3.38. The lowest BCUT2D eigenvalue weighted by Gasteiger charge is -2.14. The molecule has 0 bridgehead atoms. The van der Waals surface area contributed by atoms with Crippen LogP contribution in [0.25, 0.3) is 0 Å². The Morgan fingerprint density at radius 3 is 2.45 bits per heavy atom. The average Bonchev–Trinajstić information content (AvgIpc) is 3.23. The van der Waals surface area contributed by atoms with E-state index < -0.39 is 37.7 Å². The maximum Gasteiger partial charge on any atom is 0.328 e. The molecule has 0 aromatic heterocycles. The molecule has 7 nitrogen and oxygen atoms in total. The van der Waals surface area contributed by atoms with Gasteiger partial charge < -0.3 is 19.3 Å². The van der Waals surface area contributed by atoms with Crippen molar-refractivity contribution in [1.82, 2.24) is 0 Å². The van der Waals surface area contributed by atoms with Gasteiger partial charge in [-0.2, -0.15) is 0 Å². The summed E-state index contributed by atoms with van der Waals surface area (Å²) in [4.78, 5) is 41.8. The minimum absolute atomic E-state index is 0.262. The van der Waals surface area contributed by atoms with Gasteiger partial charge in [0, 0.05) is 5.92 Å². The standard InChI is InChI=1S/C14H17O7P/c1-20-12(15)14(13(16)21-7-8-22(17,18)19)9-11(14)10-5-3-2-4-6-10/h2-6,11H,7-9H2,1H3,(H2,17,18,19). The van der Waals surface area contributed by atoms with Crippen LogP contribution in [-0.2, 0) is 23.6 Å². The van der Waals surface area contributed by atoms with Crippen molar-refractivity contribution in [3.05, 3.63) is 35.9 Å². The molecule has 0 amide bonds. The molecule has 1 aromatic rings. The van der Waals surface area contributed by atoms with E-state index >= 15 is 0 Å². The highest BCUT2D eigenvalue weighted by atomic mass is 31.2. The van der Waals surface area contributed by atoms with Gasteiger partial charge in [0.05, 0.1) is 13.3 Å². The first-order valence-electron chi connectivity index (χ1n) is 6.66. The van der Waals surface area contributed by atoms with Crippen LogP contribution in [0.4, 0.5) is 0 Å². The van der Waals surface area contributed by atoms with E-state index in [2.05, 4.69) is 0 Å². The third-order valence-electron chi connectivity index (χ3n) is 3.69. The Morgan fingerprint density at radius 2 is 1.91 bits per heavy atom. The van der Waals surface area contributed by atoms with Gasteiger partial charge in [-0.1, -0.05) is 30.3 Å². The molecule has 0 spiro atoms. The Balaban J connectivity index is 2.10. The van der Waals surface area contributed by atoms with Crippen LogP contribution in [0, 0.1) is 5.41 Å². The molecule has 2 rings (SSSR count). The van der Waals surface area contributed by atoms with Crippen molar-refractivity contribution in [2.24, 2.45) is 5.41 Å². The lowest BCUT2D eigenvalue weighted by molar-refractivity contribution is -0.162. The highest BCUT2D eigenvalue weighted by Gasteiger charge is 2.68. The zero-order valence-electron chi connectivity index (χ0n) is 12.0. The topological polar surface area (TPSA) is 110 Å². The summed E-state index contributed by atoms with van der Waals surface area (Å²) in [5.74, 6) is -1.84. The van der Waals surface area contributed by atoms with E-state index in [9.17, 15) is 14.2 Å². The molecule has 120 valence electrons. The van der Waals surface area contributed by atoms with Gasteiger partial charge in [-0.25, -0.2) is 0 Å². The van der Waals surface area contributed by atoms with Crippen LogP contribution >= 0.6 is 7.60 Å². The predicted octanol–water partition coefficient (Wildman–Crippen LogP) is 1.05. The summed E-state index contributed by atoms with van der Waals surface area (Å²) in [6.45, 7) is -0.441. The van der Waals surface area contributed by atoms with Crippen LogP contribution < -0.4 is 0 Å².